The molecule has 0 saturated carbocycles. The Morgan fingerprint density at radius 3 is 2.53 bits per heavy atom. The van der Waals surface area contributed by atoms with Gasteiger partial charge in [-0.05, 0) is 13.8 Å². The third-order valence-electron chi connectivity index (χ3n) is 3.09. The first kappa shape index (κ1) is 12.0. The highest BCUT2D eigenvalue weighted by molar-refractivity contribution is 5.42. The summed E-state index contributed by atoms with van der Waals surface area (Å²) < 4.78 is 13.6. The molecule has 0 radical (unpaired) electrons. The summed E-state index contributed by atoms with van der Waals surface area (Å²) in [4.78, 5) is 11.9. The van der Waals surface area contributed by atoms with Crippen LogP contribution in [0.1, 0.15) is 13.8 Å². The summed E-state index contributed by atoms with van der Waals surface area (Å²) in [6.07, 6.45) is 1.13. The van der Waals surface area contributed by atoms with Crippen LogP contribution in [0, 0.1) is 5.82 Å². The Labute approximate surface area is 100 Å². The lowest BCUT2D eigenvalue weighted by Gasteiger charge is -2.37. The molecule has 2 rings (SSSR count). The molecule has 1 fully saturated rings. The highest BCUT2D eigenvalue weighted by Gasteiger charge is 2.22. The van der Waals surface area contributed by atoms with Crippen molar-refractivity contribution in [2.24, 2.45) is 0 Å². The minimum Gasteiger partial charge on any atom is -0.368 e. The zero-order chi connectivity index (χ0) is 12.4. The van der Waals surface area contributed by atoms with Gasteiger partial charge in [-0.3, -0.25) is 4.90 Å². The zero-order valence-electron chi connectivity index (χ0n) is 10.2. The molecular formula is C11H18FN5. The number of nitrogens with zero attached hydrogens (tertiary/aromatic N) is 4. The van der Waals surface area contributed by atoms with Crippen LogP contribution in [0.5, 0.6) is 0 Å². The predicted molar refractivity (Wildman–Crippen MR) is 65.3 cm³/mol. The summed E-state index contributed by atoms with van der Waals surface area (Å²) in [6.45, 7) is 7.71. The smallest absolute Gasteiger partial charge is 0.222 e. The van der Waals surface area contributed by atoms with E-state index in [2.05, 4.69) is 28.7 Å². The molecule has 0 aliphatic carbocycles. The lowest BCUT2D eigenvalue weighted by Crippen LogP contribution is -2.49. The predicted octanol–water partition coefficient (Wildman–Crippen LogP) is 0.728. The van der Waals surface area contributed by atoms with Crippen LogP contribution < -0.4 is 10.6 Å². The van der Waals surface area contributed by atoms with Crippen molar-refractivity contribution in [2.45, 2.75) is 19.9 Å². The van der Waals surface area contributed by atoms with E-state index in [1.807, 2.05) is 4.90 Å². The molecule has 1 aromatic heterocycles. The van der Waals surface area contributed by atoms with Crippen molar-refractivity contribution in [3.05, 3.63) is 12.0 Å². The molecule has 0 atom stereocenters. The molecule has 0 bridgehead atoms. The summed E-state index contributed by atoms with van der Waals surface area (Å²) in [5.41, 5.74) is 5.48. The van der Waals surface area contributed by atoms with Gasteiger partial charge < -0.3 is 10.6 Å². The zero-order valence-corrected chi connectivity index (χ0v) is 10.2. The summed E-state index contributed by atoms with van der Waals surface area (Å²) in [6, 6.07) is 0.525. The topological polar surface area (TPSA) is 58.3 Å². The Hall–Kier alpha value is -1.43. The van der Waals surface area contributed by atoms with Crippen molar-refractivity contribution < 1.29 is 4.39 Å². The average Bonchev–Trinajstić information content (AvgIpc) is 2.32. The van der Waals surface area contributed by atoms with Gasteiger partial charge in [-0.2, -0.15) is 4.98 Å². The molecular weight excluding hydrogens is 221 g/mol. The molecule has 2 heterocycles. The maximum absolute atomic E-state index is 13.6. The van der Waals surface area contributed by atoms with Gasteiger partial charge >= 0.3 is 0 Å². The summed E-state index contributed by atoms with van der Waals surface area (Å²) in [5, 5.41) is 0. The Balaban J connectivity index is 2.07. The van der Waals surface area contributed by atoms with E-state index in [0.717, 1.165) is 32.4 Å². The van der Waals surface area contributed by atoms with Crippen LogP contribution in [0.15, 0.2) is 6.20 Å². The van der Waals surface area contributed by atoms with Crippen molar-refractivity contribution in [3.8, 4) is 0 Å². The molecule has 94 valence electrons. The Morgan fingerprint density at radius 2 is 1.94 bits per heavy atom. The second-order valence-electron chi connectivity index (χ2n) is 4.52. The van der Waals surface area contributed by atoms with Crippen molar-refractivity contribution in [2.75, 3.05) is 36.8 Å². The Morgan fingerprint density at radius 1 is 1.29 bits per heavy atom. The van der Waals surface area contributed by atoms with E-state index in [1.54, 1.807) is 0 Å². The molecule has 6 heteroatoms. The summed E-state index contributed by atoms with van der Waals surface area (Å²) >= 11 is 0. The van der Waals surface area contributed by atoms with Gasteiger partial charge in [0.05, 0.1) is 6.20 Å². The van der Waals surface area contributed by atoms with E-state index in [0.29, 0.717) is 11.9 Å². The number of nitrogen functional groups attached to an aromatic ring is 1. The number of halogens is 1. The van der Waals surface area contributed by atoms with Gasteiger partial charge in [-0.15, -0.1) is 0 Å². The third kappa shape index (κ3) is 2.63. The molecule has 2 N–H and O–H groups in total. The van der Waals surface area contributed by atoms with E-state index in [1.165, 1.54) is 0 Å². The number of aromatic nitrogens is 2. The first-order valence-electron chi connectivity index (χ1n) is 5.85. The van der Waals surface area contributed by atoms with E-state index < -0.39 is 5.82 Å². The van der Waals surface area contributed by atoms with Crippen LogP contribution in [-0.2, 0) is 0 Å². The van der Waals surface area contributed by atoms with Crippen LogP contribution in [0.3, 0.4) is 0 Å². The molecule has 5 nitrogen and oxygen atoms in total. The molecule has 1 aliphatic rings. The van der Waals surface area contributed by atoms with Crippen LogP contribution in [0.4, 0.5) is 16.2 Å². The van der Waals surface area contributed by atoms with E-state index in [-0.39, 0.29) is 5.95 Å². The first-order chi connectivity index (χ1) is 8.08. The van der Waals surface area contributed by atoms with Gasteiger partial charge in [0.2, 0.25) is 5.95 Å². The minimum atomic E-state index is -0.405. The number of hydrogen-bond donors (Lipinski definition) is 1. The number of rotatable bonds is 2. The van der Waals surface area contributed by atoms with Gasteiger partial charge in [0.15, 0.2) is 11.6 Å². The lowest BCUT2D eigenvalue weighted by molar-refractivity contribution is 0.208. The monoisotopic (exact) mass is 239 g/mol. The van der Waals surface area contributed by atoms with Crippen molar-refractivity contribution in [3.63, 3.8) is 0 Å². The molecule has 0 aromatic carbocycles. The maximum atomic E-state index is 13.6. The van der Waals surface area contributed by atoms with Gasteiger partial charge in [0.1, 0.15) is 0 Å². The summed E-state index contributed by atoms with van der Waals surface area (Å²) in [5.74, 6) is 0.0331. The largest absolute Gasteiger partial charge is 0.368 e. The number of anilines is 2. The average molecular weight is 239 g/mol. The van der Waals surface area contributed by atoms with Crippen LogP contribution in [-0.4, -0.2) is 47.1 Å². The van der Waals surface area contributed by atoms with Crippen molar-refractivity contribution in [1.29, 1.82) is 0 Å². The molecule has 0 spiro atoms. The van der Waals surface area contributed by atoms with Gasteiger partial charge in [0.25, 0.3) is 0 Å². The van der Waals surface area contributed by atoms with E-state index >= 15 is 0 Å². The van der Waals surface area contributed by atoms with Gasteiger partial charge in [-0.1, -0.05) is 0 Å². The second-order valence-corrected chi connectivity index (χ2v) is 4.52. The number of nitrogens with two attached hydrogens (primary N) is 1. The first-order valence-corrected chi connectivity index (χ1v) is 5.85. The van der Waals surface area contributed by atoms with Gasteiger partial charge in [0, 0.05) is 32.2 Å². The second kappa shape index (κ2) is 4.83. The highest BCUT2D eigenvalue weighted by atomic mass is 19.1. The third-order valence-corrected chi connectivity index (χ3v) is 3.09. The van der Waals surface area contributed by atoms with Crippen molar-refractivity contribution in [1.82, 2.24) is 14.9 Å². The molecule has 1 aromatic rings. The SMILES string of the molecule is CC(C)N1CCN(c2nc(N)ncc2F)CC1. The fourth-order valence-electron chi connectivity index (χ4n) is 2.04. The van der Waals surface area contributed by atoms with Crippen LogP contribution >= 0.6 is 0 Å². The van der Waals surface area contributed by atoms with E-state index in [9.17, 15) is 4.39 Å². The lowest BCUT2D eigenvalue weighted by atomic mass is 10.2. The molecule has 0 unspecified atom stereocenters. The maximum Gasteiger partial charge on any atom is 0.222 e. The minimum absolute atomic E-state index is 0.118. The summed E-state index contributed by atoms with van der Waals surface area (Å²) in [7, 11) is 0. The molecule has 1 aliphatic heterocycles. The molecule has 17 heavy (non-hydrogen) atoms. The fourth-order valence-corrected chi connectivity index (χ4v) is 2.04. The highest BCUT2D eigenvalue weighted by Crippen LogP contribution is 2.18. The quantitative estimate of drug-likeness (QED) is 0.824. The Kier molecular flexibility index (Phi) is 3.42. The van der Waals surface area contributed by atoms with Crippen LogP contribution in [0.25, 0.3) is 0 Å². The standard InChI is InChI=1S/C11H18FN5/c1-8(2)16-3-5-17(6-4-16)10-9(12)7-14-11(13)15-10/h7-8H,3-6H2,1-2H3,(H2,13,14,15). The number of hydrogen-bond acceptors (Lipinski definition) is 5. The number of piperazine rings is 1. The van der Waals surface area contributed by atoms with Crippen molar-refractivity contribution >= 4 is 11.8 Å². The van der Waals surface area contributed by atoms with E-state index in [4.69, 9.17) is 5.73 Å². The van der Waals surface area contributed by atoms with Crippen LogP contribution in [0.2, 0.25) is 0 Å². The molecule has 0 amide bonds. The molecule has 1 saturated heterocycles. The normalized spacial score (nSPS) is 17.8. The van der Waals surface area contributed by atoms with Gasteiger partial charge in [-0.25, -0.2) is 9.37 Å². The Bertz CT molecular complexity index is 387. The fraction of sp³-hybridized carbons (Fsp3) is 0.636.